The number of rotatable bonds is 2. The monoisotopic (exact) mass is 228 g/mol. The SMILES string of the molecule is O=c1ncccn1[C@@H]1O[C@H](CO)C(O)[C@@H]1O. The maximum Gasteiger partial charge on any atom is 0.349 e. The number of nitrogens with zero attached hydrogens (tertiary/aromatic N) is 2. The minimum atomic E-state index is -1.26. The predicted molar refractivity (Wildman–Crippen MR) is 51.5 cm³/mol. The van der Waals surface area contributed by atoms with Crippen molar-refractivity contribution in [3.63, 3.8) is 0 Å². The molecule has 1 fully saturated rings. The van der Waals surface area contributed by atoms with E-state index in [0.29, 0.717) is 0 Å². The molecule has 1 aromatic heterocycles. The minimum absolute atomic E-state index is 0.427. The molecule has 1 aromatic rings. The van der Waals surface area contributed by atoms with Crippen molar-refractivity contribution >= 4 is 0 Å². The third kappa shape index (κ3) is 1.74. The normalized spacial score (nSPS) is 34.2. The van der Waals surface area contributed by atoms with Crippen LogP contribution in [-0.2, 0) is 4.74 Å². The summed E-state index contributed by atoms with van der Waals surface area (Å²) in [6.07, 6.45) is -1.68. The Morgan fingerprint density at radius 3 is 2.75 bits per heavy atom. The van der Waals surface area contributed by atoms with Gasteiger partial charge in [0.25, 0.3) is 0 Å². The molecule has 0 amide bonds. The molecule has 2 rings (SSSR count). The fraction of sp³-hybridized carbons (Fsp3) is 0.556. The van der Waals surface area contributed by atoms with Gasteiger partial charge in [0.05, 0.1) is 6.61 Å². The van der Waals surface area contributed by atoms with Crippen LogP contribution >= 0.6 is 0 Å². The fourth-order valence-corrected chi connectivity index (χ4v) is 1.67. The lowest BCUT2D eigenvalue weighted by Gasteiger charge is -2.16. The Bertz CT molecular complexity index is 420. The van der Waals surface area contributed by atoms with E-state index in [1.54, 1.807) is 0 Å². The Balaban J connectivity index is 2.30. The van der Waals surface area contributed by atoms with Crippen molar-refractivity contribution in [1.82, 2.24) is 9.55 Å². The van der Waals surface area contributed by atoms with E-state index in [1.165, 1.54) is 18.5 Å². The molecule has 3 N–H and O–H groups in total. The van der Waals surface area contributed by atoms with Gasteiger partial charge >= 0.3 is 5.69 Å². The lowest BCUT2D eigenvalue weighted by atomic mass is 10.1. The van der Waals surface area contributed by atoms with Crippen molar-refractivity contribution in [2.75, 3.05) is 6.61 Å². The molecule has 7 heteroatoms. The summed E-state index contributed by atoms with van der Waals surface area (Å²) >= 11 is 0. The van der Waals surface area contributed by atoms with Gasteiger partial charge in [-0.3, -0.25) is 4.57 Å². The fourth-order valence-electron chi connectivity index (χ4n) is 1.67. The molecule has 1 saturated heterocycles. The van der Waals surface area contributed by atoms with Gasteiger partial charge in [-0.25, -0.2) is 9.78 Å². The summed E-state index contributed by atoms with van der Waals surface area (Å²) in [7, 11) is 0. The number of ether oxygens (including phenoxy) is 1. The van der Waals surface area contributed by atoms with Crippen molar-refractivity contribution in [2.24, 2.45) is 0 Å². The van der Waals surface area contributed by atoms with Crippen LogP contribution in [0.1, 0.15) is 6.23 Å². The molecule has 1 unspecified atom stereocenters. The second-order valence-corrected chi connectivity index (χ2v) is 3.54. The molecule has 16 heavy (non-hydrogen) atoms. The molecule has 4 atom stereocenters. The summed E-state index contributed by atoms with van der Waals surface area (Å²) in [5.74, 6) is 0. The van der Waals surface area contributed by atoms with Crippen LogP contribution in [0.25, 0.3) is 0 Å². The quantitative estimate of drug-likeness (QED) is 0.533. The second-order valence-electron chi connectivity index (χ2n) is 3.54. The van der Waals surface area contributed by atoms with E-state index >= 15 is 0 Å². The van der Waals surface area contributed by atoms with E-state index in [4.69, 9.17) is 9.84 Å². The zero-order valence-electron chi connectivity index (χ0n) is 8.30. The third-order valence-corrected chi connectivity index (χ3v) is 2.53. The van der Waals surface area contributed by atoms with Crippen LogP contribution in [0, 0.1) is 0 Å². The Hall–Kier alpha value is -1.28. The number of hydrogen-bond donors (Lipinski definition) is 3. The number of aromatic nitrogens is 2. The van der Waals surface area contributed by atoms with Crippen molar-refractivity contribution < 1.29 is 20.1 Å². The van der Waals surface area contributed by atoms with Crippen molar-refractivity contribution in [3.8, 4) is 0 Å². The molecule has 88 valence electrons. The van der Waals surface area contributed by atoms with Crippen LogP contribution in [0.2, 0.25) is 0 Å². The topological polar surface area (TPSA) is 105 Å². The lowest BCUT2D eigenvalue weighted by Crippen LogP contribution is -2.35. The maximum atomic E-state index is 11.4. The van der Waals surface area contributed by atoms with Gasteiger partial charge in [0.1, 0.15) is 18.3 Å². The number of hydrogen-bond acceptors (Lipinski definition) is 6. The van der Waals surface area contributed by atoms with E-state index < -0.39 is 36.8 Å². The molecule has 1 aliphatic rings. The van der Waals surface area contributed by atoms with Crippen LogP contribution in [0.15, 0.2) is 23.3 Å². The van der Waals surface area contributed by atoms with Gasteiger partial charge in [-0.1, -0.05) is 0 Å². The second kappa shape index (κ2) is 4.30. The summed E-state index contributed by atoms with van der Waals surface area (Å²) in [5, 5.41) is 28.1. The molecule has 0 aromatic carbocycles. The first-order chi connectivity index (χ1) is 7.65. The van der Waals surface area contributed by atoms with Gasteiger partial charge in [-0.05, 0) is 6.07 Å². The van der Waals surface area contributed by atoms with Gasteiger partial charge in [0.2, 0.25) is 0 Å². The van der Waals surface area contributed by atoms with Crippen molar-refractivity contribution in [2.45, 2.75) is 24.5 Å². The van der Waals surface area contributed by atoms with E-state index in [0.717, 1.165) is 4.57 Å². The van der Waals surface area contributed by atoms with Crippen LogP contribution in [0.4, 0.5) is 0 Å². The predicted octanol–water partition coefficient (Wildman–Crippen LogP) is -2.15. The Morgan fingerprint density at radius 2 is 2.19 bits per heavy atom. The van der Waals surface area contributed by atoms with E-state index in [1.807, 2.05) is 0 Å². The average molecular weight is 228 g/mol. The summed E-state index contributed by atoms with van der Waals surface area (Å²) in [4.78, 5) is 14.9. The molecule has 0 spiro atoms. The molecule has 2 heterocycles. The first-order valence-electron chi connectivity index (χ1n) is 4.80. The largest absolute Gasteiger partial charge is 0.394 e. The van der Waals surface area contributed by atoms with Gasteiger partial charge in [0.15, 0.2) is 6.23 Å². The Morgan fingerprint density at radius 1 is 1.44 bits per heavy atom. The highest BCUT2D eigenvalue weighted by Gasteiger charge is 2.43. The smallest absolute Gasteiger partial charge is 0.349 e. The van der Waals surface area contributed by atoms with Gasteiger partial charge in [-0.2, -0.15) is 0 Å². The van der Waals surface area contributed by atoms with E-state index in [-0.39, 0.29) is 0 Å². The highest BCUT2D eigenvalue weighted by Crippen LogP contribution is 2.27. The number of aliphatic hydroxyl groups excluding tert-OH is 3. The molecule has 1 aliphatic heterocycles. The summed E-state index contributed by atoms with van der Waals surface area (Å²) in [6, 6.07) is 1.51. The summed E-state index contributed by atoms with van der Waals surface area (Å²) in [5.41, 5.74) is -0.586. The van der Waals surface area contributed by atoms with E-state index in [9.17, 15) is 15.0 Å². The van der Waals surface area contributed by atoms with Crippen LogP contribution in [0.3, 0.4) is 0 Å². The molecule has 0 aliphatic carbocycles. The number of aliphatic hydroxyl groups is 3. The van der Waals surface area contributed by atoms with Crippen LogP contribution in [0.5, 0.6) is 0 Å². The van der Waals surface area contributed by atoms with Crippen molar-refractivity contribution in [1.29, 1.82) is 0 Å². The highest BCUT2D eigenvalue weighted by molar-refractivity contribution is 4.92. The summed E-state index contributed by atoms with van der Waals surface area (Å²) in [6.45, 7) is -0.427. The zero-order chi connectivity index (χ0) is 11.7. The summed E-state index contributed by atoms with van der Waals surface area (Å²) < 4.78 is 6.25. The van der Waals surface area contributed by atoms with Crippen LogP contribution < -0.4 is 5.69 Å². The molecular weight excluding hydrogens is 216 g/mol. The maximum absolute atomic E-state index is 11.4. The average Bonchev–Trinajstić information content (AvgIpc) is 2.57. The first-order valence-corrected chi connectivity index (χ1v) is 4.80. The van der Waals surface area contributed by atoms with Crippen molar-refractivity contribution in [3.05, 3.63) is 28.9 Å². The highest BCUT2D eigenvalue weighted by atomic mass is 16.6. The van der Waals surface area contributed by atoms with Gasteiger partial charge in [0, 0.05) is 12.4 Å². The molecule has 0 saturated carbocycles. The Labute approximate surface area is 90.6 Å². The molecule has 0 bridgehead atoms. The Kier molecular flexibility index (Phi) is 3.01. The minimum Gasteiger partial charge on any atom is -0.394 e. The first kappa shape index (κ1) is 11.2. The lowest BCUT2D eigenvalue weighted by molar-refractivity contribution is -0.0549. The van der Waals surface area contributed by atoms with Gasteiger partial charge in [-0.15, -0.1) is 0 Å². The molecular formula is C9H12N2O5. The molecule has 0 radical (unpaired) electrons. The molecule has 7 nitrogen and oxygen atoms in total. The standard InChI is InChI=1S/C9H12N2O5/c12-4-5-6(13)7(14)8(16-5)11-3-1-2-10-9(11)15/h1-3,5-8,12-14H,4H2/t5-,6?,7+,8-/m1/s1. The zero-order valence-corrected chi connectivity index (χ0v) is 8.30. The van der Waals surface area contributed by atoms with E-state index in [2.05, 4.69) is 4.98 Å². The van der Waals surface area contributed by atoms with Gasteiger partial charge < -0.3 is 20.1 Å². The van der Waals surface area contributed by atoms with Crippen LogP contribution in [-0.4, -0.2) is 49.8 Å². The third-order valence-electron chi connectivity index (χ3n) is 2.53.